The first-order valence-corrected chi connectivity index (χ1v) is 7.48. The summed E-state index contributed by atoms with van der Waals surface area (Å²) in [7, 11) is 0. The monoisotopic (exact) mass is 303 g/mol. The number of nitrogens with zero attached hydrogens (tertiary/aromatic N) is 2. The third-order valence-electron chi connectivity index (χ3n) is 3.87. The standard InChI is InChI=1S/C16H21N3O3/c1-11-12(18-15(22-11)13-5-4-8-21-13)9-14(20)19-7-6-17-16(2,3)10-19/h4-5,8,17H,6-7,9-10H2,1-3H3. The molecule has 0 spiro atoms. The molecule has 2 aromatic rings. The summed E-state index contributed by atoms with van der Waals surface area (Å²) in [6, 6.07) is 3.57. The molecule has 22 heavy (non-hydrogen) atoms. The van der Waals surface area contributed by atoms with Crippen LogP contribution in [-0.4, -0.2) is 41.0 Å². The van der Waals surface area contributed by atoms with Gasteiger partial charge in [-0.15, -0.1) is 0 Å². The number of nitrogens with one attached hydrogen (secondary N) is 1. The van der Waals surface area contributed by atoms with Crippen molar-refractivity contribution in [1.29, 1.82) is 0 Å². The first kappa shape index (κ1) is 14.8. The summed E-state index contributed by atoms with van der Waals surface area (Å²) in [4.78, 5) is 18.8. The van der Waals surface area contributed by atoms with Gasteiger partial charge in [0.05, 0.1) is 18.4 Å². The fourth-order valence-corrected chi connectivity index (χ4v) is 2.71. The van der Waals surface area contributed by atoms with Gasteiger partial charge in [-0.25, -0.2) is 4.98 Å². The molecule has 3 heterocycles. The lowest BCUT2D eigenvalue weighted by Gasteiger charge is -2.39. The number of carbonyl (C=O) groups is 1. The zero-order chi connectivity index (χ0) is 15.7. The maximum atomic E-state index is 12.5. The van der Waals surface area contributed by atoms with E-state index in [-0.39, 0.29) is 17.9 Å². The highest BCUT2D eigenvalue weighted by atomic mass is 16.4. The number of piperazine rings is 1. The minimum absolute atomic E-state index is 0.0495. The smallest absolute Gasteiger partial charge is 0.263 e. The number of hydrogen-bond acceptors (Lipinski definition) is 5. The molecular formula is C16H21N3O3. The molecule has 2 aromatic heterocycles. The van der Waals surface area contributed by atoms with E-state index in [0.717, 1.165) is 13.1 Å². The Morgan fingerprint density at radius 3 is 3.00 bits per heavy atom. The molecule has 0 unspecified atom stereocenters. The topological polar surface area (TPSA) is 71.5 Å². The quantitative estimate of drug-likeness (QED) is 0.939. The molecule has 3 rings (SSSR count). The van der Waals surface area contributed by atoms with Crippen LogP contribution >= 0.6 is 0 Å². The van der Waals surface area contributed by atoms with Crippen LogP contribution in [0.1, 0.15) is 25.3 Å². The first-order valence-electron chi connectivity index (χ1n) is 7.48. The van der Waals surface area contributed by atoms with E-state index in [1.807, 2.05) is 11.8 Å². The SMILES string of the molecule is Cc1oc(-c2ccco2)nc1CC(=O)N1CCNC(C)(C)C1. The van der Waals surface area contributed by atoms with Gasteiger partial charge in [0.1, 0.15) is 5.76 Å². The molecule has 0 aromatic carbocycles. The Balaban J connectivity index is 1.72. The molecule has 1 aliphatic rings. The molecule has 118 valence electrons. The molecule has 0 saturated carbocycles. The number of aryl methyl sites for hydroxylation is 1. The Morgan fingerprint density at radius 2 is 2.32 bits per heavy atom. The summed E-state index contributed by atoms with van der Waals surface area (Å²) in [5.41, 5.74) is 0.624. The molecule has 0 atom stereocenters. The number of rotatable bonds is 3. The second kappa shape index (κ2) is 5.61. The number of aromatic nitrogens is 1. The summed E-state index contributed by atoms with van der Waals surface area (Å²) in [6.45, 7) is 8.27. The minimum atomic E-state index is -0.0495. The fraction of sp³-hybridized carbons (Fsp3) is 0.500. The molecule has 0 radical (unpaired) electrons. The Bertz CT molecular complexity index is 658. The van der Waals surface area contributed by atoms with E-state index in [9.17, 15) is 4.79 Å². The van der Waals surface area contributed by atoms with E-state index in [4.69, 9.17) is 8.83 Å². The van der Waals surface area contributed by atoms with E-state index in [1.54, 1.807) is 18.4 Å². The second-order valence-corrected chi connectivity index (χ2v) is 6.30. The van der Waals surface area contributed by atoms with Gasteiger partial charge in [-0.3, -0.25) is 4.79 Å². The van der Waals surface area contributed by atoms with Crippen LogP contribution < -0.4 is 5.32 Å². The van der Waals surface area contributed by atoms with E-state index in [0.29, 0.717) is 29.6 Å². The van der Waals surface area contributed by atoms with Crippen LogP contribution in [0.25, 0.3) is 11.7 Å². The van der Waals surface area contributed by atoms with Crippen molar-refractivity contribution in [3.05, 3.63) is 29.9 Å². The average Bonchev–Trinajstić information content (AvgIpc) is 3.08. The summed E-state index contributed by atoms with van der Waals surface area (Å²) >= 11 is 0. The number of amides is 1. The Kier molecular flexibility index (Phi) is 3.78. The number of carbonyl (C=O) groups excluding carboxylic acids is 1. The molecule has 0 aliphatic carbocycles. The van der Waals surface area contributed by atoms with Crippen LogP contribution in [0.15, 0.2) is 27.2 Å². The van der Waals surface area contributed by atoms with Crippen molar-refractivity contribution in [2.24, 2.45) is 0 Å². The van der Waals surface area contributed by atoms with Gasteiger partial charge in [0.2, 0.25) is 5.91 Å². The number of hydrogen-bond donors (Lipinski definition) is 1. The van der Waals surface area contributed by atoms with E-state index < -0.39 is 0 Å². The maximum Gasteiger partial charge on any atom is 0.263 e. The lowest BCUT2D eigenvalue weighted by atomic mass is 10.0. The molecule has 1 N–H and O–H groups in total. The van der Waals surface area contributed by atoms with Crippen LogP contribution in [0.3, 0.4) is 0 Å². The largest absolute Gasteiger partial charge is 0.459 e. The molecular weight excluding hydrogens is 282 g/mol. The van der Waals surface area contributed by atoms with Crippen molar-refractivity contribution in [1.82, 2.24) is 15.2 Å². The van der Waals surface area contributed by atoms with Crippen LogP contribution in [0.4, 0.5) is 0 Å². The summed E-state index contributed by atoms with van der Waals surface area (Å²) in [5, 5.41) is 3.40. The average molecular weight is 303 g/mol. The minimum Gasteiger partial charge on any atom is -0.459 e. The Hall–Kier alpha value is -2.08. The van der Waals surface area contributed by atoms with Gasteiger partial charge in [-0.1, -0.05) is 0 Å². The Labute approximate surface area is 129 Å². The zero-order valence-corrected chi connectivity index (χ0v) is 13.2. The van der Waals surface area contributed by atoms with Crippen LogP contribution in [0.2, 0.25) is 0 Å². The normalized spacial score (nSPS) is 17.7. The van der Waals surface area contributed by atoms with Gasteiger partial charge < -0.3 is 19.1 Å². The predicted molar refractivity (Wildman–Crippen MR) is 81.3 cm³/mol. The number of oxazole rings is 1. The van der Waals surface area contributed by atoms with Crippen LogP contribution in [0.5, 0.6) is 0 Å². The summed E-state index contributed by atoms with van der Waals surface area (Å²) in [6.07, 6.45) is 1.83. The van der Waals surface area contributed by atoms with Gasteiger partial charge in [0.15, 0.2) is 5.76 Å². The Morgan fingerprint density at radius 1 is 1.50 bits per heavy atom. The maximum absolute atomic E-state index is 12.5. The predicted octanol–water partition coefficient (Wildman–Crippen LogP) is 2.00. The molecule has 0 bridgehead atoms. The van der Waals surface area contributed by atoms with Crippen LogP contribution in [-0.2, 0) is 11.2 Å². The van der Waals surface area contributed by atoms with Gasteiger partial charge in [-0.05, 0) is 32.9 Å². The fourth-order valence-electron chi connectivity index (χ4n) is 2.71. The van der Waals surface area contributed by atoms with E-state index in [2.05, 4.69) is 24.1 Å². The number of furan rings is 1. The molecule has 1 saturated heterocycles. The van der Waals surface area contributed by atoms with E-state index >= 15 is 0 Å². The van der Waals surface area contributed by atoms with Gasteiger partial charge in [-0.2, -0.15) is 0 Å². The highest BCUT2D eigenvalue weighted by molar-refractivity contribution is 5.79. The van der Waals surface area contributed by atoms with Crippen molar-refractivity contribution in [2.75, 3.05) is 19.6 Å². The summed E-state index contributed by atoms with van der Waals surface area (Å²) in [5.74, 6) is 1.74. The third-order valence-corrected chi connectivity index (χ3v) is 3.87. The van der Waals surface area contributed by atoms with Crippen molar-refractivity contribution in [3.8, 4) is 11.7 Å². The van der Waals surface area contributed by atoms with Gasteiger partial charge in [0.25, 0.3) is 5.89 Å². The second-order valence-electron chi connectivity index (χ2n) is 6.30. The van der Waals surface area contributed by atoms with Crippen LogP contribution in [0, 0.1) is 6.92 Å². The van der Waals surface area contributed by atoms with Crippen molar-refractivity contribution in [3.63, 3.8) is 0 Å². The third kappa shape index (κ3) is 3.06. The van der Waals surface area contributed by atoms with Crippen molar-refractivity contribution < 1.29 is 13.6 Å². The van der Waals surface area contributed by atoms with Gasteiger partial charge >= 0.3 is 0 Å². The highest BCUT2D eigenvalue weighted by Crippen LogP contribution is 2.23. The van der Waals surface area contributed by atoms with Gasteiger partial charge in [0, 0.05) is 25.2 Å². The molecule has 6 heteroatoms. The van der Waals surface area contributed by atoms with E-state index in [1.165, 1.54) is 0 Å². The van der Waals surface area contributed by atoms with Crippen molar-refractivity contribution >= 4 is 5.91 Å². The molecule has 6 nitrogen and oxygen atoms in total. The molecule has 1 amide bonds. The lowest BCUT2D eigenvalue weighted by Crippen LogP contribution is -2.58. The first-order chi connectivity index (χ1) is 10.4. The zero-order valence-electron chi connectivity index (χ0n) is 13.2. The molecule has 1 aliphatic heterocycles. The lowest BCUT2D eigenvalue weighted by molar-refractivity contribution is -0.132. The van der Waals surface area contributed by atoms with Crippen molar-refractivity contribution in [2.45, 2.75) is 32.7 Å². The highest BCUT2D eigenvalue weighted by Gasteiger charge is 2.29. The summed E-state index contributed by atoms with van der Waals surface area (Å²) < 4.78 is 10.9. The molecule has 1 fully saturated rings.